The van der Waals surface area contributed by atoms with Crippen LogP contribution in [0.2, 0.25) is 0 Å². The molecule has 0 radical (unpaired) electrons. The van der Waals surface area contributed by atoms with Gasteiger partial charge in [0.25, 0.3) is 5.56 Å². The highest BCUT2D eigenvalue weighted by molar-refractivity contribution is 5.07. The van der Waals surface area contributed by atoms with Gasteiger partial charge in [0.1, 0.15) is 0 Å². The molecule has 0 N–H and O–H groups in total. The third kappa shape index (κ3) is 3.79. The third-order valence-electron chi connectivity index (χ3n) is 2.20. The Morgan fingerprint density at radius 2 is 1.94 bits per heavy atom. The van der Waals surface area contributed by atoms with Crippen LogP contribution in [0.1, 0.15) is 19.4 Å². The van der Waals surface area contributed by atoms with E-state index < -0.39 is 0 Å². The number of hydrogen-bond acceptors (Lipinski definition) is 3. The minimum absolute atomic E-state index is 0.0237. The lowest BCUT2D eigenvalue weighted by atomic mass is 10.3. The van der Waals surface area contributed by atoms with Crippen molar-refractivity contribution in [2.24, 2.45) is 0 Å². The fourth-order valence-electron chi connectivity index (χ4n) is 1.44. The second kappa shape index (κ2) is 6.45. The summed E-state index contributed by atoms with van der Waals surface area (Å²) in [5.41, 5.74) is 0.940. The third-order valence-corrected chi connectivity index (χ3v) is 2.20. The molecule has 0 aliphatic rings. The average molecular weight is 225 g/mol. The molecule has 16 heavy (non-hydrogen) atoms. The second-order valence-corrected chi connectivity index (χ2v) is 3.53. The summed E-state index contributed by atoms with van der Waals surface area (Å²) in [6, 6.07) is 3.51. The maximum atomic E-state index is 11.6. The van der Waals surface area contributed by atoms with E-state index >= 15 is 0 Å². The lowest BCUT2D eigenvalue weighted by Crippen LogP contribution is -2.29. The summed E-state index contributed by atoms with van der Waals surface area (Å²) in [5, 5.41) is 0. The van der Waals surface area contributed by atoms with E-state index in [1.807, 2.05) is 26.8 Å². The van der Waals surface area contributed by atoms with Crippen molar-refractivity contribution in [3.8, 4) is 0 Å². The van der Waals surface area contributed by atoms with E-state index in [-0.39, 0.29) is 11.8 Å². The van der Waals surface area contributed by atoms with Crippen molar-refractivity contribution in [2.75, 3.05) is 13.2 Å². The fraction of sp³-hybridized carbons (Fsp3) is 0.583. The van der Waals surface area contributed by atoms with Crippen LogP contribution >= 0.6 is 0 Å². The molecule has 0 amide bonds. The van der Waals surface area contributed by atoms with E-state index in [1.165, 1.54) is 0 Å². The molecule has 0 aromatic carbocycles. The van der Waals surface area contributed by atoms with Gasteiger partial charge in [-0.1, -0.05) is 0 Å². The van der Waals surface area contributed by atoms with Crippen LogP contribution in [0.4, 0.5) is 0 Å². The van der Waals surface area contributed by atoms with E-state index in [0.29, 0.717) is 19.8 Å². The van der Waals surface area contributed by atoms with Gasteiger partial charge in [-0.2, -0.15) is 0 Å². The normalized spacial score (nSPS) is 11.0. The molecule has 4 nitrogen and oxygen atoms in total. The van der Waals surface area contributed by atoms with Gasteiger partial charge >= 0.3 is 0 Å². The van der Waals surface area contributed by atoms with Crippen LogP contribution in [0.3, 0.4) is 0 Å². The van der Waals surface area contributed by atoms with Gasteiger partial charge in [0.2, 0.25) is 0 Å². The summed E-state index contributed by atoms with van der Waals surface area (Å²) in [6.07, 6.45) is 1.42. The molecule has 0 fully saturated rings. The van der Waals surface area contributed by atoms with Gasteiger partial charge in [-0.15, -0.1) is 0 Å². The van der Waals surface area contributed by atoms with E-state index in [1.54, 1.807) is 16.8 Å². The Labute approximate surface area is 95.8 Å². The average Bonchev–Trinajstić information content (AvgIpc) is 2.23. The van der Waals surface area contributed by atoms with Crippen LogP contribution in [0, 0.1) is 6.92 Å². The second-order valence-electron chi connectivity index (χ2n) is 3.53. The topological polar surface area (TPSA) is 40.5 Å². The number of nitrogens with zero attached hydrogens (tertiary/aromatic N) is 1. The monoisotopic (exact) mass is 225 g/mol. The zero-order valence-electron chi connectivity index (χ0n) is 10.1. The van der Waals surface area contributed by atoms with Gasteiger partial charge in [0.15, 0.2) is 6.29 Å². The molecule has 4 heteroatoms. The molecule has 0 aliphatic carbocycles. The van der Waals surface area contributed by atoms with Crippen molar-refractivity contribution in [3.63, 3.8) is 0 Å². The van der Waals surface area contributed by atoms with Crippen LogP contribution < -0.4 is 5.56 Å². The molecule has 0 saturated carbocycles. The van der Waals surface area contributed by atoms with E-state index in [4.69, 9.17) is 9.47 Å². The smallest absolute Gasteiger partial charge is 0.250 e. The minimum Gasteiger partial charge on any atom is -0.351 e. The highest BCUT2D eigenvalue weighted by atomic mass is 16.7. The van der Waals surface area contributed by atoms with Crippen molar-refractivity contribution in [1.29, 1.82) is 0 Å². The largest absolute Gasteiger partial charge is 0.351 e. The number of ether oxygens (including phenoxy) is 2. The van der Waals surface area contributed by atoms with Crippen molar-refractivity contribution in [3.05, 3.63) is 34.2 Å². The molecule has 0 saturated heterocycles. The first kappa shape index (κ1) is 12.9. The standard InChI is InChI=1S/C12H19NO3/c1-4-15-12(16-5-2)9-13-7-6-10(3)8-11(13)14/h6-8,12H,4-5,9H2,1-3H3. The van der Waals surface area contributed by atoms with Crippen molar-refractivity contribution < 1.29 is 9.47 Å². The zero-order chi connectivity index (χ0) is 12.0. The Morgan fingerprint density at radius 3 is 2.44 bits per heavy atom. The zero-order valence-corrected chi connectivity index (χ0v) is 10.1. The lowest BCUT2D eigenvalue weighted by Gasteiger charge is -2.17. The predicted molar refractivity (Wildman–Crippen MR) is 62.5 cm³/mol. The van der Waals surface area contributed by atoms with E-state index in [9.17, 15) is 4.79 Å². The number of aryl methyl sites for hydroxylation is 1. The van der Waals surface area contributed by atoms with Gasteiger partial charge < -0.3 is 14.0 Å². The highest BCUT2D eigenvalue weighted by Crippen LogP contribution is 1.99. The summed E-state index contributed by atoms with van der Waals surface area (Å²) < 4.78 is 12.4. The quantitative estimate of drug-likeness (QED) is 0.690. The van der Waals surface area contributed by atoms with Gasteiger partial charge in [0, 0.05) is 25.5 Å². The number of aromatic nitrogens is 1. The molecular weight excluding hydrogens is 206 g/mol. The van der Waals surface area contributed by atoms with Crippen LogP contribution in [0.25, 0.3) is 0 Å². The lowest BCUT2D eigenvalue weighted by molar-refractivity contribution is -0.143. The van der Waals surface area contributed by atoms with Crippen LogP contribution in [-0.4, -0.2) is 24.1 Å². The minimum atomic E-state index is -0.351. The van der Waals surface area contributed by atoms with E-state index in [0.717, 1.165) is 5.56 Å². The molecule has 1 aromatic heterocycles. The highest BCUT2D eigenvalue weighted by Gasteiger charge is 2.09. The number of pyridine rings is 1. The van der Waals surface area contributed by atoms with Crippen LogP contribution in [-0.2, 0) is 16.0 Å². The van der Waals surface area contributed by atoms with Crippen LogP contribution in [0.5, 0.6) is 0 Å². The van der Waals surface area contributed by atoms with Crippen molar-refractivity contribution in [2.45, 2.75) is 33.6 Å². The van der Waals surface area contributed by atoms with Crippen LogP contribution in [0.15, 0.2) is 23.1 Å². The van der Waals surface area contributed by atoms with Crippen molar-refractivity contribution >= 4 is 0 Å². The molecule has 0 aliphatic heterocycles. The number of hydrogen-bond donors (Lipinski definition) is 0. The molecule has 0 bridgehead atoms. The summed E-state index contributed by atoms with van der Waals surface area (Å²) in [7, 11) is 0. The van der Waals surface area contributed by atoms with Gasteiger partial charge in [-0.25, -0.2) is 0 Å². The summed E-state index contributed by atoms with van der Waals surface area (Å²) in [4.78, 5) is 11.6. The van der Waals surface area contributed by atoms with E-state index in [2.05, 4.69) is 0 Å². The maximum absolute atomic E-state index is 11.6. The summed E-state index contributed by atoms with van der Waals surface area (Å²) >= 11 is 0. The summed E-state index contributed by atoms with van der Waals surface area (Å²) in [5.74, 6) is 0. The van der Waals surface area contributed by atoms with Crippen molar-refractivity contribution in [1.82, 2.24) is 4.57 Å². The maximum Gasteiger partial charge on any atom is 0.250 e. The van der Waals surface area contributed by atoms with Gasteiger partial charge in [0.05, 0.1) is 6.54 Å². The molecule has 0 spiro atoms. The Hall–Kier alpha value is -1.13. The molecule has 0 unspecified atom stereocenters. The first-order chi connectivity index (χ1) is 7.67. The molecular formula is C12H19NO3. The first-order valence-corrected chi connectivity index (χ1v) is 5.57. The van der Waals surface area contributed by atoms with Gasteiger partial charge in [-0.3, -0.25) is 4.79 Å². The Morgan fingerprint density at radius 1 is 1.31 bits per heavy atom. The summed E-state index contributed by atoms with van der Waals surface area (Å²) in [6.45, 7) is 7.29. The molecule has 90 valence electrons. The first-order valence-electron chi connectivity index (χ1n) is 5.57. The Kier molecular flexibility index (Phi) is 5.22. The Balaban J connectivity index is 2.72. The molecule has 1 heterocycles. The SMILES string of the molecule is CCOC(Cn1ccc(C)cc1=O)OCC. The van der Waals surface area contributed by atoms with Gasteiger partial charge in [-0.05, 0) is 32.4 Å². The fourth-order valence-corrected chi connectivity index (χ4v) is 1.44. The molecule has 1 rings (SSSR count). The number of rotatable bonds is 6. The molecule has 1 aromatic rings. The Bertz CT molecular complexity index is 367. The molecule has 0 atom stereocenters. The predicted octanol–water partition coefficient (Wildman–Crippen LogP) is 1.56.